The molecule has 0 atom stereocenters. The van der Waals surface area contributed by atoms with Crippen LogP contribution < -0.4 is 4.90 Å². The van der Waals surface area contributed by atoms with Gasteiger partial charge in [0.2, 0.25) is 5.13 Å². The number of nitrogens with zero attached hydrogens (tertiary/aromatic N) is 3. The molecule has 5 nitrogen and oxygen atoms in total. The van der Waals surface area contributed by atoms with Crippen LogP contribution in [0.25, 0.3) is 0 Å². The molecule has 2 heterocycles. The molecule has 0 radical (unpaired) electrons. The maximum Gasteiger partial charge on any atom is 0.306 e. The van der Waals surface area contributed by atoms with Crippen LogP contribution in [0.15, 0.2) is 0 Å². The molecule has 0 spiro atoms. The van der Waals surface area contributed by atoms with E-state index in [0.717, 1.165) is 30.5 Å². The Hall–Kier alpha value is -1.17. The zero-order chi connectivity index (χ0) is 11.5. The third kappa shape index (κ3) is 2.32. The number of aryl methyl sites for hydroxylation is 1. The van der Waals surface area contributed by atoms with E-state index in [-0.39, 0.29) is 5.92 Å². The molecule has 0 unspecified atom stereocenters. The second-order valence-electron chi connectivity index (χ2n) is 3.95. The van der Waals surface area contributed by atoms with E-state index in [1.54, 1.807) is 0 Å². The molecule has 0 aliphatic carbocycles. The molecule has 0 amide bonds. The summed E-state index contributed by atoms with van der Waals surface area (Å²) in [5, 5.41) is 9.82. The number of anilines is 1. The van der Waals surface area contributed by atoms with E-state index in [1.807, 2.05) is 6.92 Å². The first-order chi connectivity index (χ1) is 7.70. The zero-order valence-electron chi connectivity index (χ0n) is 9.22. The average Bonchev–Trinajstić information content (AvgIpc) is 2.77. The van der Waals surface area contributed by atoms with Gasteiger partial charge in [0, 0.05) is 31.0 Å². The van der Waals surface area contributed by atoms with Crippen molar-refractivity contribution in [2.24, 2.45) is 5.92 Å². The largest absolute Gasteiger partial charge is 0.481 e. The smallest absolute Gasteiger partial charge is 0.306 e. The summed E-state index contributed by atoms with van der Waals surface area (Å²) in [5.74, 6) is 0.0151. The number of hydrogen-bond acceptors (Lipinski definition) is 5. The Morgan fingerprint density at radius 3 is 2.75 bits per heavy atom. The molecule has 1 aliphatic heterocycles. The summed E-state index contributed by atoms with van der Waals surface area (Å²) in [7, 11) is 0. The Morgan fingerprint density at radius 2 is 2.25 bits per heavy atom. The number of hydrogen-bond donors (Lipinski definition) is 1. The number of carbonyl (C=O) groups is 1. The van der Waals surface area contributed by atoms with E-state index < -0.39 is 5.97 Å². The maximum atomic E-state index is 10.8. The van der Waals surface area contributed by atoms with Crippen molar-refractivity contribution in [2.75, 3.05) is 18.0 Å². The first-order valence-electron chi connectivity index (χ1n) is 5.51. The summed E-state index contributed by atoms with van der Waals surface area (Å²) in [6.07, 6.45) is 2.26. The molecule has 0 aromatic carbocycles. The standard InChI is InChI=1S/C10H15N3O2S/c1-2-8-11-10(16-12-8)13-5-3-7(4-6-13)9(14)15/h7H,2-6H2,1H3,(H,14,15). The summed E-state index contributed by atoms with van der Waals surface area (Å²) in [5.41, 5.74) is 0. The van der Waals surface area contributed by atoms with Crippen LogP contribution in [0, 0.1) is 5.92 Å². The normalized spacial score (nSPS) is 17.7. The van der Waals surface area contributed by atoms with Gasteiger partial charge in [0.15, 0.2) is 0 Å². The Bertz CT molecular complexity index is 372. The summed E-state index contributed by atoms with van der Waals surface area (Å²) >= 11 is 1.41. The quantitative estimate of drug-likeness (QED) is 0.866. The third-order valence-corrected chi connectivity index (χ3v) is 3.70. The summed E-state index contributed by atoms with van der Waals surface area (Å²) in [6, 6.07) is 0. The molecule has 88 valence electrons. The minimum atomic E-state index is -0.675. The van der Waals surface area contributed by atoms with E-state index in [9.17, 15) is 4.79 Å². The van der Waals surface area contributed by atoms with Crippen molar-refractivity contribution in [3.8, 4) is 0 Å². The van der Waals surface area contributed by atoms with Crippen LogP contribution in [0.3, 0.4) is 0 Å². The molecular formula is C10H15N3O2S. The van der Waals surface area contributed by atoms with Gasteiger partial charge in [-0.3, -0.25) is 4.79 Å². The molecule has 1 aromatic rings. The van der Waals surface area contributed by atoms with Gasteiger partial charge in [0.05, 0.1) is 5.92 Å². The predicted octanol–water partition coefficient (Wildman–Crippen LogP) is 1.40. The van der Waals surface area contributed by atoms with Gasteiger partial charge in [-0.15, -0.1) is 0 Å². The molecule has 1 aliphatic rings. The van der Waals surface area contributed by atoms with E-state index in [1.165, 1.54) is 11.5 Å². The molecule has 1 aromatic heterocycles. The fourth-order valence-corrected chi connectivity index (χ4v) is 2.64. The van der Waals surface area contributed by atoms with Crippen molar-refractivity contribution in [3.05, 3.63) is 5.82 Å². The highest BCUT2D eigenvalue weighted by Gasteiger charge is 2.25. The predicted molar refractivity (Wildman–Crippen MR) is 61.9 cm³/mol. The van der Waals surface area contributed by atoms with Gasteiger partial charge in [-0.25, -0.2) is 4.98 Å². The van der Waals surface area contributed by atoms with Crippen LogP contribution in [-0.2, 0) is 11.2 Å². The Balaban J connectivity index is 1.96. The molecule has 2 rings (SSSR count). The lowest BCUT2D eigenvalue weighted by atomic mass is 9.98. The highest BCUT2D eigenvalue weighted by Crippen LogP contribution is 2.24. The van der Waals surface area contributed by atoms with Crippen LogP contribution >= 0.6 is 11.5 Å². The summed E-state index contributed by atoms with van der Waals surface area (Å²) < 4.78 is 4.24. The van der Waals surface area contributed by atoms with E-state index in [2.05, 4.69) is 14.3 Å². The van der Waals surface area contributed by atoms with Gasteiger partial charge < -0.3 is 10.0 Å². The second-order valence-corrected chi connectivity index (χ2v) is 4.68. The fraction of sp³-hybridized carbons (Fsp3) is 0.700. The summed E-state index contributed by atoms with van der Waals surface area (Å²) in [4.78, 5) is 17.3. The molecule has 0 saturated carbocycles. The van der Waals surface area contributed by atoms with Crippen molar-refractivity contribution in [3.63, 3.8) is 0 Å². The zero-order valence-corrected chi connectivity index (χ0v) is 10.0. The average molecular weight is 241 g/mol. The Kier molecular flexibility index (Phi) is 3.38. The van der Waals surface area contributed by atoms with Crippen molar-refractivity contribution >= 4 is 22.6 Å². The van der Waals surface area contributed by atoms with Crippen molar-refractivity contribution in [2.45, 2.75) is 26.2 Å². The molecular weight excluding hydrogens is 226 g/mol. The van der Waals surface area contributed by atoms with Crippen LogP contribution in [0.4, 0.5) is 5.13 Å². The number of aromatic nitrogens is 2. The summed E-state index contributed by atoms with van der Waals surface area (Å²) in [6.45, 7) is 3.58. The van der Waals surface area contributed by atoms with Crippen LogP contribution in [-0.4, -0.2) is 33.5 Å². The molecule has 1 N–H and O–H groups in total. The third-order valence-electron chi connectivity index (χ3n) is 2.89. The van der Waals surface area contributed by atoms with Crippen LogP contribution in [0.1, 0.15) is 25.6 Å². The van der Waals surface area contributed by atoms with Crippen molar-refractivity contribution in [1.82, 2.24) is 9.36 Å². The first kappa shape index (κ1) is 11.3. The van der Waals surface area contributed by atoms with E-state index in [0.29, 0.717) is 12.8 Å². The molecule has 1 saturated heterocycles. The Labute approximate surface area is 98.3 Å². The molecule has 6 heteroatoms. The second kappa shape index (κ2) is 4.78. The van der Waals surface area contributed by atoms with Gasteiger partial charge in [0.1, 0.15) is 5.82 Å². The van der Waals surface area contributed by atoms with Gasteiger partial charge >= 0.3 is 5.97 Å². The maximum absolute atomic E-state index is 10.8. The lowest BCUT2D eigenvalue weighted by Crippen LogP contribution is -2.36. The van der Waals surface area contributed by atoms with Crippen LogP contribution in [0.5, 0.6) is 0 Å². The molecule has 0 bridgehead atoms. The van der Waals surface area contributed by atoms with Crippen LogP contribution in [0.2, 0.25) is 0 Å². The highest BCUT2D eigenvalue weighted by molar-refractivity contribution is 7.09. The van der Waals surface area contributed by atoms with E-state index >= 15 is 0 Å². The monoisotopic (exact) mass is 241 g/mol. The number of carboxylic acids is 1. The van der Waals surface area contributed by atoms with Crippen molar-refractivity contribution < 1.29 is 9.90 Å². The van der Waals surface area contributed by atoms with Gasteiger partial charge in [-0.1, -0.05) is 6.92 Å². The highest BCUT2D eigenvalue weighted by atomic mass is 32.1. The fourth-order valence-electron chi connectivity index (χ4n) is 1.83. The van der Waals surface area contributed by atoms with Gasteiger partial charge in [0.25, 0.3) is 0 Å². The number of aliphatic carboxylic acids is 1. The lowest BCUT2D eigenvalue weighted by Gasteiger charge is -2.29. The number of carboxylic acid groups (broad SMARTS) is 1. The Morgan fingerprint density at radius 1 is 1.56 bits per heavy atom. The minimum absolute atomic E-state index is 0.185. The number of rotatable bonds is 3. The molecule has 16 heavy (non-hydrogen) atoms. The topological polar surface area (TPSA) is 66.3 Å². The SMILES string of the molecule is CCc1nsc(N2CCC(C(=O)O)CC2)n1. The number of piperidine rings is 1. The van der Waals surface area contributed by atoms with E-state index in [4.69, 9.17) is 5.11 Å². The first-order valence-corrected chi connectivity index (χ1v) is 6.28. The van der Waals surface area contributed by atoms with Crippen molar-refractivity contribution in [1.29, 1.82) is 0 Å². The minimum Gasteiger partial charge on any atom is -0.481 e. The van der Waals surface area contributed by atoms with Gasteiger partial charge in [-0.2, -0.15) is 4.37 Å². The van der Waals surface area contributed by atoms with Gasteiger partial charge in [-0.05, 0) is 12.8 Å². The molecule has 1 fully saturated rings. The lowest BCUT2D eigenvalue weighted by molar-refractivity contribution is -0.142.